The first-order valence-corrected chi connectivity index (χ1v) is 7.69. The summed E-state index contributed by atoms with van der Waals surface area (Å²) in [5, 5.41) is 0.575. The molecule has 0 saturated carbocycles. The molecule has 0 spiro atoms. The third kappa shape index (κ3) is 2.38. The van der Waals surface area contributed by atoms with Crippen LogP contribution in [0.4, 0.5) is 10.1 Å². The standard InChI is InChI=1S/C12H15BrFNS/c1-9-8-16-6-5-15(9)12-4-2-3-11(14)10(12)7-13/h2-4,9H,5-8H2,1H3. The molecule has 1 fully saturated rings. The molecule has 0 radical (unpaired) electrons. The van der Waals surface area contributed by atoms with Gasteiger partial charge >= 0.3 is 0 Å². The van der Waals surface area contributed by atoms with Gasteiger partial charge < -0.3 is 4.90 Å². The predicted molar refractivity (Wildman–Crippen MR) is 73.2 cm³/mol. The quantitative estimate of drug-likeness (QED) is 0.767. The number of alkyl halides is 1. The topological polar surface area (TPSA) is 3.24 Å². The van der Waals surface area contributed by atoms with Gasteiger partial charge in [0.1, 0.15) is 5.82 Å². The maximum atomic E-state index is 13.7. The molecule has 1 aromatic rings. The molecule has 1 aliphatic heterocycles. The second kappa shape index (κ2) is 5.41. The molecule has 1 nitrogen and oxygen atoms in total. The number of benzene rings is 1. The van der Waals surface area contributed by atoms with Crippen molar-refractivity contribution < 1.29 is 4.39 Å². The van der Waals surface area contributed by atoms with Gasteiger partial charge in [0, 0.05) is 40.7 Å². The van der Waals surface area contributed by atoms with Gasteiger partial charge in [0.15, 0.2) is 0 Å². The number of hydrogen-bond donors (Lipinski definition) is 0. The fourth-order valence-electron chi connectivity index (χ4n) is 2.03. The van der Waals surface area contributed by atoms with Crippen molar-refractivity contribution in [3.8, 4) is 0 Å². The van der Waals surface area contributed by atoms with Crippen LogP contribution in [-0.4, -0.2) is 24.1 Å². The highest BCUT2D eigenvalue weighted by molar-refractivity contribution is 9.08. The molecule has 88 valence electrons. The SMILES string of the molecule is CC1CSCCN1c1cccc(F)c1CBr. The van der Waals surface area contributed by atoms with Crippen LogP contribution in [0, 0.1) is 5.82 Å². The molecule has 1 saturated heterocycles. The van der Waals surface area contributed by atoms with Crippen LogP contribution in [0.1, 0.15) is 12.5 Å². The second-order valence-corrected chi connectivity index (χ2v) is 5.70. The van der Waals surface area contributed by atoms with Crippen LogP contribution >= 0.6 is 27.7 Å². The molecule has 2 rings (SSSR count). The molecule has 16 heavy (non-hydrogen) atoms. The fourth-order valence-corrected chi connectivity index (χ4v) is 3.60. The fraction of sp³-hybridized carbons (Fsp3) is 0.500. The minimum absolute atomic E-state index is 0.111. The third-order valence-electron chi connectivity index (χ3n) is 2.90. The first-order chi connectivity index (χ1) is 7.74. The van der Waals surface area contributed by atoms with E-state index in [4.69, 9.17) is 0 Å². The summed E-state index contributed by atoms with van der Waals surface area (Å²) in [7, 11) is 0. The Bertz CT molecular complexity index is 372. The maximum Gasteiger partial charge on any atom is 0.129 e. The van der Waals surface area contributed by atoms with Crippen molar-refractivity contribution in [2.45, 2.75) is 18.3 Å². The average molecular weight is 304 g/mol. The maximum absolute atomic E-state index is 13.7. The molecule has 1 unspecified atom stereocenters. The van der Waals surface area contributed by atoms with Crippen molar-refractivity contribution in [3.63, 3.8) is 0 Å². The molecule has 1 aliphatic rings. The Morgan fingerprint density at radius 2 is 2.38 bits per heavy atom. The summed E-state index contributed by atoms with van der Waals surface area (Å²) >= 11 is 5.35. The van der Waals surface area contributed by atoms with E-state index in [1.807, 2.05) is 17.8 Å². The van der Waals surface area contributed by atoms with Gasteiger partial charge in [-0.3, -0.25) is 0 Å². The van der Waals surface area contributed by atoms with E-state index in [1.165, 1.54) is 6.07 Å². The Kier molecular flexibility index (Phi) is 4.14. The van der Waals surface area contributed by atoms with E-state index in [9.17, 15) is 4.39 Å². The van der Waals surface area contributed by atoms with Crippen LogP contribution in [0.25, 0.3) is 0 Å². The summed E-state index contributed by atoms with van der Waals surface area (Å²) in [4.78, 5) is 2.32. The van der Waals surface area contributed by atoms with Crippen molar-refractivity contribution in [3.05, 3.63) is 29.6 Å². The number of anilines is 1. The van der Waals surface area contributed by atoms with Crippen LogP contribution in [-0.2, 0) is 5.33 Å². The highest BCUT2D eigenvalue weighted by Gasteiger charge is 2.21. The molecule has 1 aromatic carbocycles. The molecule has 0 amide bonds. The Morgan fingerprint density at radius 1 is 1.56 bits per heavy atom. The zero-order valence-electron chi connectivity index (χ0n) is 9.25. The Hall–Kier alpha value is -0.220. The van der Waals surface area contributed by atoms with Crippen molar-refractivity contribution >= 4 is 33.4 Å². The molecular weight excluding hydrogens is 289 g/mol. The van der Waals surface area contributed by atoms with Crippen LogP contribution in [0.2, 0.25) is 0 Å². The van der Waals surface area contributed by atoms with Crippen LogP contribution in [0.5, 0.6) is 0 Å². The Morgan fingerprint density at radius 3 is 3.06 bits per heavy atom. The number of hydrogen-bond acceptors (Lipinski definition) is 2. The first kappa shape index (κ1) is 12.2. The minimum Gasteiger partial charge on any atom is -0.367 e. The summed E-state index contributed by atoms with van der Waals surface area (Å²) in [6.45, 7) is 3.21. The number of halogens is 2. The van der Waals surface area contributed by atoms with Gasteiger partial charge in [0.2, 0.25) is 0 Å². The molecule has 1 heterocycles. The molecule has 4 heteroatoms. The highest BCUT2D eigenvalue weighted by atomic mass is 79.9. The van der Waals surface area contributed by atoms with Gasteiger partial charge in [-0.2, -0.15) is 11.8 Å². The van der Waals surface area contributed by atoms with Crippen molar-refractivity contribution in [1.82, 2.24) is 0 Å². The van der Waals surface area contributed by atoms with Crippen molar-refractivity contribution in [2.75, 3.05) is 23.0 Å². The van der Waals surface area contributed by atoms with Gasteiger partial charge in [0.25, 0.3) is 0 Å². The van der Waals surface area contributed by atoms with Crippen molar-refractivity contribution in [1.29, 1.82) is 0 Å². The molecule has 0 aliphatic carbocycles. The summed E-state index contributed by atoms with van der Waals surface area (Å²) in [5.41, 5.74) is 1.82. The lowest BCUT2D eigenvalue weighted by Crippen LogP contribution is -2.41. The zero-order valence-corrected chi connectivity index (χ0v) is 11.7. The third-order valence-corrected chi connectivity index (χ3v) is 4.65. The average Bonchev–Trinajstić information content (AvgIpc) is 2.29. The first-order valence-electron chi connectivity index (χ1n) is 5.41. The van der Waals surface area contributed by atoms with E-state index < -0.39 is 0 Å². The van der Waals surface area contributed by atoms with E-state index in [-0.39, 0.29) is 5.82 Å². The largest absolute Gasteiger partial charge is 0.367 e. The van der Waals surface area contributed by atoms with Gasteiger partial charge in [-0.25, -0.2) is 4.39 Å². The van der Waals surface area contributed by atoms with Crippen LogP contribution < -0.4 is 4.90 Å². The Labute approximate surface area is 109 Å². The number of rotatable bonds is 2. The van der Waals surface area contributed by atoms with Gasteiger partial charge in [-0.1, -0.05) is 22.0 Å². The van der Waals surface area contributed by atoms with Crippen LogP contribution in [0.15, 0.2) is 18.2 Å². The monoisotopic (exact) mass is 303 g/mol. The predicted octanol–water partition coefficient (Wildman–Crippen LogP) is 3.66. The molecule has 0 bridgehead atoms. The van der Waals surface area contributed by atoms with Gasteiger partial charge in [-0.05, 0) is 19.1 Å². The number of thioether (sulfide) groups is 1. The summed E-state index contributed by atoms with van der Waals surface area (Å²) in [6, 6.07) is 5.83. The van der Waals surface area contributed by atoms with Gasteiger partial charge in [0.05, 0.1) is 0 Å². The molecular formula is C12H15BrFNS. The minimum atomic E-state index is -0.111. The number of nitrogens with zero attached hydrogens (tertiary/aromatic N) is 1. The lowest BCUT2D eigenvalue weighted by molar-refractivity contribution is 0.612. The van der Waals surface area contributed by atoms with Crippen molar-refractivity contribution in [2.24, 2.45) is 0 Å². The summed E-state index contributed by atoms with van der Waals surface area (Å²) in [5.74, 6) is 2.14. The molecule has 0 aromatic heterocycles. The normalized spacial score (nSPS) is 21.2. The Balaban J connectivity index is 2.34. The summed E-state index contributed by atoms with van der Waals surface area (Å²) in [6.07, 6.45) is 0. The molecule has 0 N–H and O–H groups in total. The van der Waals surface area contributed by atoms with E-state index in [2.05, 4.69) is 27.8 Å². The van der Waals surface area contributed by atoms with E-state index in [0.29, 0.717) is 11.4 Å². The van der Waals surface area contributed by atoms with Crippen LogP contribution in [0.3, 0.4) is 0 Å². The van der Waals surface area contributed by atoms with Gasteiger partial charge in [-0.15, -0.1) is 0 Å². The second-order valence-electron chi connectivity index (χ2n) is 3.99. The lowest BCUT2D eigenvalue weighted by Gasteiger charge is -2.36. The molecule has 1 atom stereocenters. The zero-order chi connectivity index (χ0) is 11.5. The highest BCUT2D eigenvalue weighted by Crippen LogP contribution is 2.30. The smallest absolute Gasteiger partial charge is 0.129 e. The van der Waals surface area contributed by atoms with E-state index >= 15 is 0 Å². The van der Waals surface area contributed by atoms with E-state index in [0.717, 1.165) is 29.3 Å². The van der Waals surface area contributed by atoms with E-state index in [1.54, 1.807) is 6.07 Å². The summed E-state index contributed by atoms with van der Waals surface area (Å²) < 4.78 is 13.7. The lowest BCUT2D eigenvalue weighted by atomic mass is 10.1.